The SMILES string of the molecule is CCC1CCCCC1C1NCCCC1C(F)(F)F. The predicted molar refractivity (Wildman–Crippen MR) is 66.3 cm³/mol. The van der Waals surface area contributed by atoms with Gasteiger partial charge in [0.15, 0.2) is 0 Å². The Kier molecular flexibility index (Phi) is 4.57. The van der Waals surface area contributed by atoms with Crippen LogP contribution in [0.25, 0.3) is 0 Å². The van der Waals surface area contributed by atoms with Crippen molar-refractivity contribution in [3.8, 4) is 0 Å². The Bertz CT molecular complexity index is 264. The van der Waals surface area contributed by atoms with Crippen molar-refractivity contribution in [2.24, 2.45) is 17.8 Å². The smallest absolute Gasteiger partial charge is 0.313 e. The van der Waals surface area contributed by atoms with Crippen LogP contribution in [0.15, 0.2) is 0 Å². The van der Waals surface area contributed by atoms with Gasteiger partial charge in [-0.3, -0.25) is 0 Å². The first-order chi connectivity index (χ1) is 8.54. The van der Waals surface area contributed by atoms with E-state index in [-0.39, 0.29) is 12.0 Å². The lowest BCUT2D eigenvalue weighted by Crippen LogP contribution is -2.53. The third-order valence-corrected chi connectivity index (χ3v) is 4.88. The van der Waals surface area contributed by atoms with Crippen molar-refractivity contribution < 1.29 is 13.2 Å². The molecule has 0 amide bonds. The third-order valence-electron chi connectivity index (χ3n) is 4.88. The Hall–Kier alpha value is -0.250. The first kappa shape index (κ1) is 14.2. The molecule has 4 heteroatoms. The highest BCUT2D eigenvalue weighted by molar-refractivity contribution is 4.93. The summed E-state index contributed by atoms with van der Waals surface area (Å²) >= 11 is 0. The van der Waals surface area contributed by atoms with Gasteiger partial charge in [0.25, 0.3) is 0 Å². The maximum Gasteiger partial charge on any atom is 0.393 e. The molecule has 0 aromatic carbocycles. The number of rotatable bonds is 2. The van der Waals surface area contributed by atoms with Crippen molar-refractivity contribution >= 4 is 0 Å². The van der Waals surface area contributed by atoms with Crippen LogP contribution >= 0.6 is 0 Å². The Morgan fingerprint density at radius 1 is 1.06 bits per heavy atom. The van der Waals surface area contributed by atoms with E-state index in [4.69, 9.17) is 0 Å². The van der Waals surface area contributed by atoms with Crippen LogP contribution in [0.1, 0.15) is 51.9 Å². The van der Waals surface area contributed by atoms with Crippen molar-refractivity contribution in [2.45, 2.75) is 64.1 Å². The molecule has 1 N–H and O–H groups in total. The molecule has 0 bridgehead atoms. The number of nitrogens with one attached hydrogen (secondary N) is 1. The molecule has 2 rings (SSSR count). The van der Waals surface area contributed by atoms with Crippen LogP contribution in [0.2, 0.25) is 0 Å². The lowest BCUT2D eigenvalue weighted by molar-refractivity contribution is -0.195. The molecule has 1 aliphatic heterocycles. The molecule has 0 radical (unpaired) electrons. The largest absolute Gasteiger partial charge is 0.393 e. The summed E-state index contributed by atoms with van der Waals surface area (Å²) < 4.78 is 39.4. The van der Waals surface area contributed by atoms with Gasteiger partial charge in [0.2, 0.25) is 0 Å². The molecule has 1 saturated heterocycles. The molecule has 4 atom stereocenters. The zero-order valence-corrected chi connectivity index (χ0v) is 11.1. The zero-order chi connectivity index (χ0) is 13.2. The fourth-order valence-corrected chi connectivity index (χ4v) is 3.95. The molecule has 106 valence electrons. The highest BCUT2D eigenvalue weighted by Gasteiger charge is 2.49. The van der Waals surface area contributed by atoms with E-state index >= 15 is 0 Å². The molecule has 18 heavy (non-hydrogen) atoms. The fourth-order valence-electron chi connectivity index (χ4n) is 3.95. The van der Waals surface area contributed by atoms with Crippen molar-refractivity contribution in [2.75, 3.05) is 6.54 Å². The topological polar surface area (TPSA) is 12.0 Å². The molecule has 4 unspecified atom stereocenters. The van der Waals surface area contributed by atoms with Gasteiger partial charge in [-0.1, -0.05) is 32.6 Å². The Morgan fingerprint density at radius 2 is 1.78 bits per heavy atom. The molecule has 0 aromatic heterocycles. The molecule has 0 spiro atoms. The number of piperidine rings is 1. The average Bonchev–Trinajstić information content (AvgIpc) is 2.37. The van der Waals surface area contributed by atoms with Crippen LogP contribution in [0.3, 0.4) is 0 Å². The van der Waals surface area contributed by atoms with E-state index in [1.807, 2.05) is 0 Å². The van der Waals surface area contributed by atoms with E-state index in [9.17, 15) is 13.2 Å². The molecule has 1 saturated carbocycles. The fraction of sp³-hybridized carbons (Fsp3) is 1.00. The molecule has 0 aromatic rings. The summed E-state index contributed by atoms with van der Waals surface area (Å²) in [5.41, 5.74) is 0. The second kappa shape index (κ2) is 5.81. The molecule has 1 aliphatic carbocycles. The van der Waals surface area contributed by atoms with E-state index in [1.165, 1.54) is 6.42 Å². The highest BCUT2D eigenvalue weighted by atomic mass is 19.4. The normalized spacial score (nSPS) is 38.7. The van der Waals surface area contributed by atoms with Gasteiger partial charge >= 0.3 is 6.18 Å². The standard InChI is InChI=1S/C14H24F3N/c1-2-10-6-3-4-7-11(10)13-12(14(15,16)17)8-5-9-18-13/h10-13,18H,2-9H2,1H3. The van der Waals surface area contributed by atoms with Crippen LogP contribution in [0, 0.1) is 17.8 Å². The minimum absolute atomic E-state index is 0.232. The summed E-state index contributed by atoms with van der Waals surface area (Å²) in [5.74, 6) is -0.404. The molecular formula is C14H24F3N. The zero-order valence-electron chi connectivity index (χ0n) is 11.1. The average molecular weight is 263 g/mol. The van der Waals surface area contributed by atoms with Gasteiger partial charge in [-0.2, -0.15) is 13.2 Å². The van der Waals surface area contributed by atoms with Gasteiger partial charge < -0.3 is 5.32 Å². The Labute approximate surface area is 108 Å². The van der Waals surface area contributed by atoms with Crippen molar-refractivity contribution in [3.63, 3.8) is 0 Å². The summed E-state index contributed by atoms with van der Waals surface area (Å²) in [4.78, 5) is 0. The van der Waals surface area contributed by atoms with Gasteiger partial charge in [0.1, 0.15) is 0 Å². The van der Waals surface area contributed by atoms with Crippen LogP contribution < -0.4 is 5.32 Å². The van der Waals surface area contributed by atoms with E-state index in [2.05, 4.69) is 12.2 Å². The summed E-state index contributed by atoms with van der Waals surface area (Å²) in [5, 5.41) is 3.19. The summed E-state index contributed by atoms with van der Waals surface area (Å²) in [6.45, 7) is 2.87. The molecule has 2 fully saturated rings. The number of alkyl halides is 3. The monoisotopic (exact) mass is 263 g/mol. The van der Waals surface area contributed by atoms with Gasteiger partial charge in [0, 0.05) is 6.04 Å². The van der Waals surface area contributed by atoms with Gasteiger partial charge in [-0.15, -0.1) is 0 Å². The van der Waals surface area contributed by atoms with Crippen molar-refractivity contribution in [1.29, 1.82) is 0 Å². The summed E-state index contributed by atoms with van der Waals surface area (Å²) in [6, 6.07) is -0.330. The minimum Gasteiger partial charge on any atom is -0.313 e. The van der Waals surface area contributed by atoms with Crippen LogP contribution in [-0.4, -0.2) is 18.8 Å². The Balaban J connectivity index is 2.12. The second-order valence-electron chi connectivity index (χ2n) is 5.89. The third kappa shape index (κ3) is 3.01. The first-order valence-electron chi connectivity index (χ1n) is 7.34. The quantitative estimate of drug-likeness (QED) is 0.789. The number of halogens is 3. The number of hydrogen-bond acceptors (Lipinski definition) is 1. The molecule has 1 nitrogen and oxygen atoms in total. The van der Waals surface area contributed by atoms with Gasteiger partial charge in [-0.05, 0) is 37.6 Å². The number of hydrogen-bond donors (Lipinski definition) is 1. The summed E-state index contributed by atoms with van der Waals surface area (Å²) in [7, 11) is 0. The molecule has 2 aliphatic rings. The van der Waals surface area contributed by atoms with E-state index in [1.54, 1.807) is 0 Å². The Morgan fingerprint density at radius 3 is 2.44 bits per heavy atom. The van der Waals surface area contributed by atoms with E-state index in [0.717, 1.165) is 32.2 Å². The minimum atomic E-state index is -4.03. The summed E-state index contributed by atoms with van der Waals surface area (Å²) in [6.07, 6.45) is 2.34. The van der Waals surface area contributed by atoms with Crippen LogP contribution in [0.4, 0.5) is 13.2 Å². The van der Waals surface area contributed by atoms with Crippen molar-refractivity contribution in [3.05, 3.63) is 0 Å². The maximum absolute atomic E-state index is 13.1. The van der Waals surface area contributed by atoms with Crippen molar-refractivity contribution in [1.82, 2.24) is 5.32 Å². The second-order valence-corrected chi connectivity index (χ2v) is 5.89. The lowest BCUT2D eigenvalue weighted by atomic mass is 9.69. The predicted octanol–water partition coefficient (Wildman–Crippen LogP) is 4.13. The lowest BCUT2D eigenvalue weighted by Gasteiger charge is -2.44. The molecule has 1 heterocycles. The van der Waals surface area contributed by atoms with E-state index in [0.29, 0.717) is 18.8 Å². The maximum atomic E-state index is 13.1. The first-order valence-corrected chi connectivity index (χ1v) is 7.34. The highest BCUT2D eigenvalue weighted by Crippen LogP contribution is 2.43. The van der Waals surface area contributed by atoms with Gasteiger partial charge in [-0.25, -0.2) is 0 Å². The van der Waals surface area contributed by atoms with Crippen LogP contribution in [-0.2, 0) is 0 Å². The van der Waals surface area contributed by atoms with Gasteiger partial charge in [0.05, 0.1) is 5.92 Å². The van der Waals surface area contributed by atoms with E-state index < -0.39 is 12.1 Å². The van der Waals surface area contributed by atoms with Crippen LogP contribution in [0.5, 0.6) is 0 Å². The molecular weight excluding hydrogens is 239 g/mol.